The van der Waals surface area contributed by atoms with E-state index in [1.165, 1.54) is 6.08 Å². The molecule has 0 spiro atoms. The monoisotopic (exact) mass is 338 g/mol. The normalized spacial score (nSPS) is 14.1. The van der Waals surface area contributed by atoms with Gasteiger partial charge in [-0.25, -0.2) is 4.68 Å². The van der Waals surface area contributed by atoms with Gasteiger partial charge in [-0.3, -0.25) is 4.79 Å². The molecule has 25 heavy (non-hydrogen) atoms. The van der Waals surface area contributed by atoms with Crippen LogP contribution in [0.2, 0.25) is 0 Å². The number of carbonyl (C=O) groups excluding carboxylic acids is 1. The second kappa shape index (κ2) is 6.31. The molecule has 0 atom stereocenters. The Labute approximate surface area is 144 Å². The summed E-state index contributed by atoms with van der Waals surface area (Å²) < 4.78 is 12.2. The maximum absolute atomic E-state index is 11.7. The van der Waals surface area contributed by atoms with Crippen molar-refractivity contribution in [2.75, 3.05) is 20.3 Å². The van der Waals surface area contributed by atoms with Gasteiger partial charge in [0.25, 0.3) is 0 Å². The first-order chi connectivity index (χ1) is 12.2. The smallest absolute Gasteiger partial charge is 0.163 e. The maximum atomic E-state index is 11.7. The number of nitrogens with zero attached hydrogens (tertiary/aromatic N) is 2. The predicted octanol–water partition coefficient (Wildman–Crippen LogP) is 2.83. The van der Waals surface area contributed by atoms with Gasteiger partial charge in [-0.05, 0) is 34.5 Å². The van der Waals surface area contributed by atoms with Gasteiger partial charge in [-0.1, -0.05) is 6.07 Å². The van der Waals surface area contributed by atoms with Gasteiger partial charge in [0, 0.05) is 36.8 Å². The van der Waals surface area contributed by atoms with Crippen molar-refractivity contribution in [3.05, 3.63) is 47.7 Å². The van der Waals surface area contributed by atoms with Crippen molar-refractivity contribution in [2.45, 2.75) is 13.2 Å². The average molecular weight is 338 g/mol. The van der Waals surface area contributed by atoms with Crippen LogP contribution >= 0.6 is 0 Å². The quantitative estimate of drug-likeness (QED) is 0.724. The Kier molecular flexibility index (Phi) is 3.99. The molecular formula is C19H18N2O4. The molecule has 6 heteroatoms. The largest absolute Gasteiger partial charge is 0.507 e. The van der Waals surface area contributed by atoms with Crippen LogP contribution in [0.5, 0.6) is 0 Å². The number of fused-ring (bicyclic) bond motifs is 4. The molecule has 0 radical (unpaired) electrons. The van der Waals surface area contributed by atoms with E-state index in [0.717, 1.165) is 32.8 Å². The van der Waals surface area contributed by atoms with Crippen molar-refractivity contribution in [1.29, 1.82) is 0 Å². The molecule has 1 aliphatic rings. The lowest BCUT2D eigenvalue weighted by molar-refractivity contribution is -0.114. The summed E-state index contributed by atoms with van der Waals surface area (Å²) in [5.74, 6) is -0.0470. The molecule has 1 heterocycles. The molecule has 0 saturated carbocycles. The van der Waals surface area contributed by atoms with Crippen molar-refractivity contribution in [2.24, 2.45) is 0 Å². The molecule has 128 valence electrons. The molecule has 1 N–H and O–H groups in total. The van der Waals surface area contributed by atoms with Crippen LogP contribution in [0.25, 0.3) is 27.4 Å². The SMILES string of the molecule is COCCOCn1cc2c(ccc3cc4c(cc32)CC(=O)C=C4O)n1. The summed E-state index contributed by atoms with van der Waals surface area (Å²) >= 11 is 0. The molecule has 0 aliphatic heterocycles. The number of aliphatic hydroxyl groups is 1. The van der Waals surface area contributed by atoms with Crippen molar-refractivity contribution in [3.8, 4) is 0 Å². The highest BCUT2D eigenvalue weighted by Crippen LogP contribution is 2.32. The highest BCUT2D eigenvalue weighted by Gasteiger charge is 2.18. The lowest BCUT2D eigenvalue weighted by Gasteiger charge is -2.14. The van der Waals surface area contributed by atoms with E-state index in [4.69, 9.17) is 9.47 Å². The molecule has 0 fully saturated rings. The Morgan fingerprint density at radius 2 is 2.12 bits per heavy atom. The van der Waals surface area contributed by atoms with E-state index in [0.29, 0.717) is 26.4 Å². The molecule has 3 aromatic rings. The fourth-order valence-corrected chi connectivity index (χ4v) is 3.19. The van der Waals surface area contributed by atoms with E-state index in [1.54, 1.807) is 11.8 Å². The Bertz CT molecular complexity index is 1000. The highest BCUT2D eigenvalue weighted by atomic mass is 16.5. The maximum Gasteiger partial charge on any atom is 0.163 e. The fraction of sp³-hybridized carbons (Fsp3) is 0.263. The van der Waals surface area contributed by atoms with Crippen LogP contribution in [0.3, 0.4) is 0 Å². The molecule has 2 aromatic carbocycles. The predicted molar refractivity (Wildman–Crippen MR) is 94.4 cm³/mol. The molecule has 1 aromatic heterocycles. The molecule has 0 unspecified atom stereocenters. The Balaban J connectivity index is 1.75. The van der Waals surface area contributed by atoms with E-state index in [9.17, 15) is 9.90 Å². The summed E-state index contributed by atoms with van der Waals surface area (Å²) in [6.45, 7) is 1.40. The summed E-state index contributed by atoms with van der Waals surface area (Å²) in [5, 5.41) is 17.6. The second-order valence-electron chi connectivity index (χ2n) is 6.10. The summed E-state index contributed by atoms with van der Waals surface area (Å²) in [5.41, 5.74) is 2.43. The van der Waals surface area contributed by atoms with E-state index in [1.807, 2.05) is 30.5 Å². The third-order valence-corrected chi connectivity index (χ3v) is 4.37. The van der Waals surface area contributed by atoms with Crippen molar-refractivity contribution < 1.29 is 19.4 Å². The lowest BCUT2D eigenvalue weighted by Crippen LogP contribution is -2.09. The Morgan fingerprint density at radius 1 is 1.24 bits per heavy atom. The van der Waals surface area contributed by atoms with E-state index in [2.05, 4.69) is 5.10 Å². The van der Waals surface area contributed by atoms with Gasteiger partial charge >= 0.3 is 0 Å². The van der Waals surface area contributed by atoms with Crippen molar-refractivity contribution in [3.63, 3.8) is 0 Å². The van der Waals surface area contributed by atoms with Crippen LogP contribution < -0.4 is 0 Å². The van der Waals surface area contributed by atoms with Gasteiger partial charge in [-0.2, -0.15) is 5.10 Å². The van der Waals surface area contributed by atoms with Gasteiger partial charge in [-0.15, -0.1) is 0 Å². The Hall–Kier alpha value is -2.70. The number of aliphatic hydroxyl groups excluding tert-OH is 1. The first kappa shape index (κ1) is 15.8. The topological polar surface area (TPSA) is 73.6 Å². The average Bonchev–Trinajstić information content (AvgIpc) is 3.01. The zero-order valence-electron chi connectivity index (χ0n) is 13.9. The molecule has 4 rings (SSSR count). The molecule has 0 saturated heterocycles. The van der Waals surface area contributed by atoms with Crippen molar-refractivity contribution >= 4 is 33.2 Å². The van der Waals surface area contributed by atoms with Gasteiger partial charge in [0.2, 0.25) is 0 Å². The minimum Gasteiger partial charge on any atom is -0.507 e. The van der Waals surface area contributed by atoms with E-state index >= 15 is 0 Å². The summed E-state index contributed by atoms with van der Waals surface area (Å²) in [7, 11) is 1.64. The summed E-state index contributed by atoms with van der Waals surface area (Å²) in [6, 6.07) is 7.83. The number of methoxy groups -OCH3 is 1. The second-order valence-corrected chi connectivity index (χ2v) is 6.10. The minimum atomic E-state index is -0.0845. The summed E-state index contributed by atoms with van der Waals surface area (Å²) in [4.78, 5) is 11.7. The number of aromatic nitrogens is 2. The third kappa shape index (κ3) is 2.90. The van der Waals surface area contributed by atoms with Crippen molar-refractivity contribution in [1.82, 2.24) is 9.78 Å². The number of benzene rings is 2. The number of rotatable bonds is 5. The first-order valence-electron chi connectivity index (χ1n) is 8.09. The molecule has 6 nitrogen and oxygen atoms in total. The summed E-state index contributed by atoms with van der Waals surface area (Å²) in [6.07, 6.45) is 3.54. The molecule has 0 bridgehead atoms. The van der Waals surface area contributed by atoms with E-state index < -0.39 is 0 Å². The third-order valence-electron chi connectivity index (χ3n) is 4.37. The molecule has 0 amide bonds. The zero-order valence-corrected chi connectivity index (χ0v) is 13.9. The van der Waals surface area contributed by atoms with Gasteiger partial charge in [0.15, 0.2) is 5.78 Å². The number of carbonyl (C=O) groups is 1. The Morgan fingerprint density at radius 3 is 2.96 bits per heavy atom. The number of hydrogen-bond acceptors (Lipinski definition) is 5. The number of ketones is 1. The van der Waals surface area contributed by atoms with Crippen LogP contribution in [-0.4, -0.2) is 41.0 Å². The van der Waals surface area contributed by atoms with Gasteiger partial charge < -0.3 is 14.6 Å². The minimum absolute atomic E-state index is 0.0375. The zero-order chi connectivity index (χ0) is 17.4. The van der Waals surface area contributed by atoms with Crippen LogP contribution in [0.4, 0.5) is 0 Å². The van der Waals surface area contributed by atoms with Gasteiger partial charge in [0.05, 0.1) is 18.7 Å². The van der Waals surface area contributed by atoms with Crippen LogP contribution in [0, 0.1) is 0 Å². The fourth-order valence-electron chi connectivity index (χ4n) is 3.19. The van der Waals surface area contributed by atoms with Crippen LogP contribution in [-0.2, 0) is 27.4 Å². The number of allylic oxidation sites excluding steroid dienone is 1. The van der Waals surface area contributed by atoms with Crippen LogP contribution in [0.15, 0.2) is 36.5 Å². The number of ether oxygens (including phenoxy) is 2. The highest BCUT2D eigenvalue weighted by molar-refractivity contribution is 6.09. The molecule has 1 aliphatic carbocycles. The lowest BCUT2D eigenvalue weighted by atomic mass is 9.91. The standard InChI is InChI=1S/C19H18N2O4/c1-24-4-5-25-11-21-10-17-15-8-13-6-14(22)9-19(23)16(13)7-12(15)2-3-18(17)20-21/h2-3,7-10,23H,4-6,11H2,1H3. The van der Waals surface area contributed by atoms with Gasteiger partial charge in [0.1, 0.15) is 12.5 Å². The van der Waals surface area contributed by atoms with E-state index in [-0.39, 0.29) is 11.5 Å². The number of hydrogen-bond donors (Lipinski definition) is 1. The van der Waals surface area contributed by atoms with Crippen LogP contribution in [0.1, 0.15) is 11.1 Å². The first-order valence-corrected chi connectivity index (χ1v) is 8.09. The molecular weight excluding hydrogens is 320 g/mol.